The summed E-state index contributed by atoms with van der Waals surface area (Å²) < 4.78 is 5.36. The number of aryl methyl sites for hydroxylation is 1. The summed E-state index contributed by atoms with van der Waals surface area (Å²) in [5.41, 5.74) is 0.895. The standard InChI is InChI=1S/C21H32N4O3S/c1-16-22-18(15-29-16)14-20(26)24-8-4-19(5-9-24)23-6-2-17(3-7-23)21(27)25-10-12-28-13-11-25/h15,17,19H,2-14H2,1H3. The lowest BCUT2D eigenvalue weighted by Crippen LogP contribution is -2.51. The van der Waals surface area contributed by atoms with Gasteiger partial charge in [0.1, 0.15) is 0 Å². The number of nitrogens with zero attached hydrogens (tertiary/aromatic N) is 4. The normalized spacial score (nSPS) is 22.8. The molecular formula is C21H32N4O3S. The Morgan fingerprint density at radius 3 is 2.34 bits per heavy atom. The Hall–Kier alpha value is -1.51. The summed E-state index contributed by atoms with van der Waals surface area (Å²) in [4.78, 5) is 36.2. The molecule has 1 aromatic rings. The molecule has 0 unspecified atom stereocenters. The van der Waals surface area contributed by atoms with Crippen molar-refractivity contribution in [3.8, 4) is 0 Å². The Labute approximate surface area is 177 Å². The first-order valence-corrected chi connectivity index (χ1v) is 11.8. The van der Waals surface area contributed by atoms with Crippen molar-refractivity contribution in [2.45, 2.75) is 45.1 Å². The van der Waals surface area contributed by atoms with E-state index in [0.717, 1.165) is 75.7 Å². The number of hydrogen-bond acceptors (Lipinski definition) is 6. The maximum Gasteiger partial charge on any atom is 0.228 e. The van der Waals surface area contributed by atoms with Gasteiger partial charge in [0.25, 0.3) is 0 Å². The molecular weight excluding hydrogens is 388 g/mol. The second-order valence-electron chi connectivity index (χ2n) is 8.39. The molecule has 0 atom stereocenters. The van der Waals surface area contributed by atoms with Gasteiger partial charge < -0.3 is 19.4 Å². The van der Waals surface area contributed by atoms with Gasteiger partial charge in [0.05, 0.1) is 30.3 Å². The van der Waals surface area contributed by atoms with E-state index in [1.165, 1.54) is 0 Å². The van der Waals surface area contributed by atoms with Gasteiger partial charge in [-0.05, 0) is 45.7 Å². The maximum atomic E-state index is 12.7. The van der Waals surface area contributed by atoms with Crippen LogP contribution in [0.2, 0.25) is 0 Å². The quantitative estimate of drug-likeness (QED) is 0.740. The van der Waals surface area contributed by atoms with E-state index in [0.29, 0.717) is 31.6 Å². The smallest absolute Gasteiger partial charge is 0.228 e. The maximum absolute atomic E-state index is 12.7. The molecule has 29 heavy (non-hydrogen) atoms. The van der Waals surface area contributed by atoms with E-state index in [4.69, 9.17) is 4.74 Å². The van der Waals surface area contributed by atoms with Gasteiger partial charge in [-0.25, -0.2) is 4.98 Å². The summed E-state index contributed by atoms with van der Waals surface area (Å²) in [7, 11) is 0. The van der Waals surface area contributed by atoms with E-state index in [1.807, 2.05) is 22.1 Å². The molecule has 3 aliphatic rings. The highest BCUT2D eigenvalue weighted by Crippen LogP contribution is 2.26. The van der Waals surface area contributed by atoms with Gasteiger partial charge in [0.15, 0.2) is 0 Å². The number of morpholine rings is 1. The second-order valence-corrected chi connectivity index (χ2v) is 9.46. The molecule has 0 N–H and O–H groups in total. The van der Waals surface area contributed by atoms with Crippen molar-refractivity contribution in [2.24, 2.45) is 5.92 Å². The van der Waals surface area contributed by atoms with E-state index in [9.17, 15) is 9.59 Å². The lowest BCUT2D eigenvalue weighted by molar-refractivity contribution is -0.141. The lowest BCUT2D eigenvalue weighted by Gasteiger charge is -2.42. The third-order valence-corrected chi connectivity index (χ3v) is 7.36. The molecule has 4 rings (SSSR count). The van der Waals surface area contributed by atoms with E-state index >= 15 is 0 Å². The van der Waals surface area contributed by atoms with Gasteiger partial charge >= 0.3 is 0 Å². The van der Waals surface area contributed by atoms with Gasteiger partial charge in [0, 0.05) is 43.5 Å². The minimum absolute atomic E-state index is 0.174. The van der Waals surface area contributed by atoms with Gasteiger partial charge in [-0.3, -0.25) is 9.59 Å². The molecule has 2 amide bonds. The molecule has 0 radical (unpaired) electrons. The zero-order valence-electron chi connectivity index (χ0n) is 17.3. The highest BCUT2D eigenvalue weighted by Gasteiger charge is 2.33. The van der Waals surface area contributed by atoms with E-state index in [2.05, 4.69) is 9.88 Å². The molecule has 0 spiro atoms. The minimum atomic E-state index is 0.174. The number of likely N-dealkylation sites (tertiary alicyclic amines) is 2. The van der Waals surface area contributed by atoms with E-state index in [1.54, 1.807) is 11.3 Å². The Morgan fingerprint density at radius 2 is 1.72 bits per heavy atom. The van der Waals surface area contributed by atoms with Gasteiger partial charge in [-0.2, -0.15) is 0 Å². The average molecular weight is 421 g/mol. The molecule has 0 aromatic carbocycles. The van der Waals surface area contributed by atoms with Crippen LogP contribution < -0.4 is 0 Å². The number of rotatable bonds is 4. The summed E-state index contributed by atoms with van der Waals surface area (Å²) in [6, 6.07) is 0.542. The molecule has 3 aliphatic heterocycles. The van der Waals surface area contributed by atoms with Crippen LogP contribution in [0.15, 0.2) is 5.38 Å². The highest BCUT2D eigenvalue weighted by molar-refractivity contribution is 7.09. The molecule has 7 nitrogen and oxygen atoms in total. The fourth-order valence-electron chi connectivity index (χ4n) is 4.79. The Bertz CT molecular complexity index is 703. The number of piperidine rings is 2. The van der Waals surface area contributed by atoms with E-state index in [-0.39, 0.29) is 11.8 Å². The number of carbonyl (C=O) groups excluding carboxylic acids is 2. The first kappa shape index (κ1) is 20.8. The van der Waals surface area contributed by atoms with Crippen LogP contribution in [0.1, 0.15) is 36.4 Å². The molecule has 160 valence electrons. The van der Waals surface area contributed by atoms with Gasteiger partial charge in [0.2, 0.25) is 11.8 Å². The van der Waals surface area contributed by atoms with Gasteiger partial charge in [-0.1, -0.05) is 0 Å². The van der Waals surface area contributed by atoms with E-state index < -0.39 is 0 Å². The van der Waals surface area contributed by atoms with Crippen molar-refractivity contribution in [1.29, 1.82) is 0 Å². The first-order valence-electron chi connectivity index (χ1n) is 10.9. The summed E-state index contributed by atoms with van der Waals surface area (Å²) in [6.07, 6.45) is 4.40. The van der Waals surface area contributed by atoms with Crippen LogP contribution in [0.25, 0.3) is 0 Å². The first-order chi connectivity index (χ1) is 14.1. The summed E-state index contributed by atoms with van der Waals surface area (Å²) in [5.74, 6) is 0.696. The van der Waals surface area contributed by atoms with Crippen molar-refractivity contribution < 1.29 is 14.3 Å². The monoisotopic (exact) mass is 420 g/mol. The van der Waals surface area contributed by atoms with Gasteiger partial charge in [-0.15, -0.1) is 11.3 Å². The zero-order valence-corrected chi connectivity index (χ0v) is 18.2. The number of ether oxygens (including phenoxy) is 1. The topological polar surface area (TPSA) is 66.0 Å². The molecule has 8 heteroatoms. The van der Waals surface area contributed by atoms with Crippen LogP contribution in [0.3, 0.4) is 0 Å². The van der Waals surface area contributed by atoms with Crippen LogP contribution in [-0.2, 0) is 20.7 Å². The number of aromatic nitrogens is 1. The zero-order chi connectivity index (χ0) is 20.2. The highest BCUT2D eigenvalue weighted by atomic mass is 32.1. The average Bonchev–Trinajstić information content (AvgIpc) is 3.18. The molecule has 0 bridgehead atoms. The fourth-order valence-corrected chi connectivity index (χ4v) is 5.40. The molecule has 1 aromatic heterocycles. The number of hydrogen-bond donors (Lipinski definition) is 0. The van der Waals surface area contributed by atoms with Crippen LogP contribution in [-0.4, -0.2) is 90.0 Å². The van der Waals surface area contributed by atoms with Crippen molar-refractivity contribution >= 4 is 23.2 Å². The Kier molecular flexibility index (Phi) is 6.82. The third-order valence-electron chi connectivity index (χ3n) is 6.53. The molecule has 4 heterocycles. The number of carbonyl (C=O) groups is 2. The molecule has 3 saturated heterocycles. The van der Waals surface area contributed by atoms with Crippen LogP contribution in [0.4, 0.5) is 0 Å². The Balaban J connectivity index is 1.19. The lowest BCUT2D eigenvalue weighted by atomic mass is 9.92. The second kappa shape index (κ2) is 9.53. The SMILES string of the molecule is Cc1nc(CC(=O)N2CCC(N3CCC(C(=O)N4CCOCC4)CC3)CC2)cs1. The summed E-state index contributed by atoms with van der Waals surface area (Å²) in [5, 5.41) is 3.00. The van der Waals surface area contributed by atoms with Crippen molar-refractivity contribution in [1.82, 2.24) is 19.7 Å². The number of thiazole rings is 1. The number of amides is 2. The van der Waals surface area contributed by atoms with Crippen LogP contribution in [0, 0.1) is 12.8 Å². The van der Waals surface area contributed by atoms with Crippen molar-refractivity contribution in [3.63, 3.8) is 0 Å². The molecule has 3 fully saturated rings. The van der Waals surface area contributed by atoms with Crippen LogP contribution in [0.5, 0.6) is 0 Å². The predicted octanol–water partition coefficient (Wildman–Crippen LogP) is 1.56. The van der Waals surface area contributed by atoms with Crippen molar-refractivity contribution in [3.05, 3.63) is 16.1 Å². The van der Waals surface area contributed by atoms with Crippen molar-refractivity contribution in [2.75, 3.05) is 52.5 Å². The summed E-state index contributed by atoms with van der Waals surface area (Å²) >= 11 is 1.60. The Morgan fingerprint density at radius 1 is 1.03 bits per heavy atom. The van der Waals surface area contributed by atoms with Crippen LogP contribution >= 0.6 is 11.3 Å². The minimum Gasteiger partial charge on any atom is -0.378 e. The summed E-state index contributed by atoms with van der Waals surface area (Å²) in [6.45, 7) is 8.46. The predicted molar refractivity (Wildman–Crippen MR) is 112 cm³/mol. The third kappa shape index (κ3) is 5.16. The largest absolute Gasteiger partial charge is 0.378 e. The fraction of sp³-hybridized carbons (Fsp3) is 0.762. The molecule has 0 aliphatic carbocycles. The molecule has 0 saturated carbocycles.